The van der Waals surface area contributed by atoms with Gasteiger partial charge in [-0.2, -0.15) is 14.9 Å². The number of carbonyl (C=O) groups is 1. The van der Waals surface area contributed by atoms with Crippen LogP contribution in [0.3, 0.4) is 0 Å². The number of aromatic nitrogens is 2. The largest absolute Gasteiger partial charge is 0.342 e. The summed E-state index contributed by atoms with van der Waals surface area (Å²) >= 11 is 3.56. The smallest absolute Gasteiger partial charge is 0.333 e. The fourth-order valence-electron chi connectivity index (χ4n) is 4.94. The summed E-state index contributed by atoms with van der Waals surface area (Å²) in [6, 6.07) is 14.7. The van der Waals surface area contributed by atoms with E-state index in [1.54, 1.807) is 4.68 Å². The SMILES string of the molecule is CCc1nn(C(=O)NC2CCCC2)c2cc(C3(C)CC=NN3c3ccc([SH2+])cc3)ccc12. The third kappa shape index (κ3) is 3.58. The Morgan fingerprint density at radius 3 is 2.66 bits per heavy atom. The topological polar surface area (TPSA) is 62.5 Å². The molecule has 0 bridgehead atoms. The number of benzene rings is 2. The molecule has 1 unspecified atom stereocenters. The Morgan fingerprint density at radius 2 is 1.94 bits per heavy atom. The number of aryl methyl sites for hydroxylation is 1. The van der Waals surface area contributed by atoms with Gasteiger partial charge in [0, 0.05) is 24.1 Å². The first-order valence-corrected chi connectivity index (χ1v) is 12.0. The molecule has 5 rings (SSSR count). The number of carbonyl (C=O) groups excluding carboxylic acids is 1. The number of fused-ring (bicyclic) bond motifs is 1. The van der Waals surface area contributed by atoms with E-state index in [1.807, 2.05) is 18.3 Å². The Bertz CT molecular complexity index is 1180. The molecule has 166 valence electrons. The molecule has 2 aromatic carbocycles. The van der Waals surface area contributed by atoms with E-state index in [-0.39, 0.29) is 17.6 Å². The van der Waals surface area contributed by atoms with Crippen molar-refractivity contribution >= 4 is 41.5 Å². The molecular formula is C25H30N5OS+. The van der Waals surface area contributed by atoms with Crippen LogP contribution in [0.15, 0.2) is 52.5 Å². The number of nitrogens with one attached hydrogen (secondary N) is 1. The van der Waals surface area contributed by atoms with E-state index in [9.17, 15) is 4.79 Å². The number of anilines is 1. The zero-order valence-corrected chi connectivity index (χ0v) is 19.6. The van der Waals surface area contributed by atoms with E-state index in [0.29, 0.717) is 0 Å². The van der Waals surface area contributed by atoms with Gasteiger partial charge in [-0.25, -0.2) is 4.79 Å². The highest BCUT2D eigenvalue weighted by Gasteiger charge is 2.38. The Labute approximate surface area is 194 Å². The minimum absolute atomic E-state index is 0.129. The number of rotatable bonds is 4. The number of nitrogens with zero attached hydrogens (tertiary/aromatic N) is 4. The van der Waals surface area contributed by atoms with Crippen LogP contribution in [0.2, 0.25) is 0 Å². The van der Waals surface area contributed by atoms with Crippen molar-refractivity contribution < 1.29 is 4.79 Å². The molecule has 0 saturated heterocycles. The van der Waals surface area contributed by atoms with Crippen LogP contribution in [0.4, 0.5) is 10.5 Å². The summed E-state index contributed by atoms with van der Waals surface area (Å²) in [5, 5.41) is 15.7. The summed E-state index contributed by atoms with van der Waals surface area (Å²) in [6.07, 6.45) is 8.00. The molecule has 1 atom stereocenters. The maximum absolute atomic E-state index is 13.1. The summed E-state index contributed by atoms with van der Waals surface area (Å²) in [7, 11) is 0. The van der Waals surface area contributed by atoms with Crippen LogP contribution in [0, 0.1) is 0 Å². The van der Waals surface area contributed by atoms with Crippen molar-refractivity contribution in [2.24, 2.45) is 5.10 Å². The summed E-state index contributed by atoms with van der Waals surface area (Å²) in [6.45, 7) is 4.28. The third-order valence-corrected chi connectivity index (χ3v) is 7.19. The van der Waals surface area contributed by atoms with Crippen LogP contribution in [0.25, 0.3) is 10.9 Å². The van der Waals surface area contributed by atoms with Crippen LogP contribution in [0.1, 0.15) is 57.2 Å². The maximum Gasteiger partial charge on any atom is 0.342 e. The molecule has 1 aliphatic carbocycles. The zero-order valence-electron chi connectivity index (χ0n) is 18.6. The fraction of sp³-hybridized carbons (Fsp3) is 0.400. The summed E-state index contributed by atoms with van der Waals surface area (Å²) in [5.74, 6) is 0. The van der Waals surface area contributed by atoms with Crippen LogP contribution < -0.4 is 10.3 Å². The number of hydrogen-bond acceptors (Lipinski definition) is 4. The van der Waals surface area contributed by atoms with E-state index in [4.69, 9.17) is 0 Å². The molecule has 1 saturated carbocycles. The fourth-order valence-corrected chi connectivity index (χ4v) is 5.11. The predicted octanol–water partition coefficient (Wildman–Crippen LogP) is 4.58. The lowest BCUT2D eigenvalue weighted by Gasteiger charge is -2.35. The van der Waals surface area contributed by atoms with Crippen molar-refractivity contribution in [1.29, 1.82) is 0 Å². The van der Waals surface area contributed by atoms with Crippen molar-refractivity contribution in [3.63, 3.8) is 0 Å². The molecule has 6 nitrogen and oxygen atoms in total. The van der Waals surface area contributed by atoms with Gasteiger partial charge in [-0.1, -0.05) is 31.9 Å². The van der Waals surface area contributed by atoms with Gasteiger partial charge in [0.15, 0.2) is 0 Å². The molecule has 0 radical (unpaired) electrons. The van der Waals surface area contributed by atoms with Gasteiger partial charge in [0.25, 0.3) is 0 Å². The molecular weight excluding hydrogens is 418 g/mol. The quantitative estimate of drug-likeness (QED) is 0.594. The molecule has 3 aromatic rings. The Kier molecular flexibility index (Phi) is 5.45. The molecule has 2 heterocycles. The first-order valence-electron chi connectivity index (χ1n) is 11.5. The van der Waals surface area contributed by atoms with Gasteiger partial charge in [-0.15, -0.1) is 0 Å². The minimum Gasteiger partial charge on any atom is -0.333 e. The Balaban J connectivity index is 1.54. The molecule has 32 heavy (non-hydrogen) atoms. The van der Waals surface area contributed by atoms with E-state index < -0.39 is 0 Å². The summed E-state index contributed by atoms with van der Waals surface area (Å²) in [4.78, 5) is 14.2. The van der Waals surface area contributed by atoms with Crippen LogP contribution >= 0.6 is 0 Å². The molecule has 1 aliphatic heterocycles. The van der Waals surface area contributed by atoms with Crippen molar-refractivity contribution in [3.05, 3.63) is 53.7 Å². The second kappa shape index (κ2) is 8.28. The van der Waals surface area contributed by atoms with Gasteiger partial charge < -0.3 is 5.32 Å². The monoisotopic (exact) mass is 448 g/mol. The average Bonchev–Trinajstić information content (AvgIpc) is 3.53. The normalized spacial score (nSPS) is 21.0. The highest BCUT2D eigenvalue weighted by atomic mass is 32.1. The molecule has 7 heteroatoms. The van der Waals surface area contributed by atoms with Crippen LogP contribution in [-0.2, 0) is 24.6 Å². The Morgan fingerprint density at radius 1 is 1.19 bits per heavy atom. The highest BCUT2D eigenvalue weighted by molar-refractivity contribution is 7.58. The summed E-state index contributed by atoms with van der Waals surface area (Å²) in [5.41, 5.74) is 3.61. The van der Waals surface area contributed by atoms with Gasteiger partial charge in [0.1, 0.15) is 4.90 Å². The van der Waals surface area contributed by atoms with Gasteiger partial charge >= 0.3 is 6.03 Å². The van der Waals surface area contributed by atoms with E-state index >= 15 is 0 Å². The standard InChI is InChI=1S/C25H29N5OS/c1-3-22-21-13-8-17(16-23(21)29(28-22)24(31)27-18-6-4-5-7-18)25(2)14-15-26-30(25)19-9-11-20(32)12-10-19/h8-13,15-16,18,32H,3-7,14H2,1-2H3,(H,27,31)/p+1. The van der Waals surface area contributed by atoms with Crippen LogP contribution in [0.5, 0.6) is 0 Å². The lowest BCUT2D eigenvalue weighted by Crippen LogP contribution is -2.37. The molecule has 1 aromatic heterocycles. The molecule has 1 N–H and O–H groups in total. The van der Waals surface area contributed by atoms with Crippen molar-refractivity contribution in [3.8, 4) is 0 Å². The minimum atomic E-state index is -0.342. The number of hydrazone groups is 1. The first kappa shape index (κ1) is 21.1. The van der Waals surface area contributed by atoms with E-state index in [1.165, 1.54) is 12.8 Å². The lowest BCUT2D eigenvalue weighted by atomic mass is 9.88. The predicted molar refractivity (Wildman–Crippen MR) is 133 cm³/mol. The molecule has 1 amide bonds. The number of hydrogen-bond donors (Lipinski definition) is 1. The molecule has 1 fully saturated rings. The van der Waals surface area contributed by atoms with Gasteiger partial charge in [-0.3, -0.25) is 5.01 Å². The second-order valence-corrected chi connectivity index (χ2v) is 9.59. The van der Waals surface area contributed by atoms with Crippen LogP contribution in [-0.4, -0.2) is 28.1 Å². The highest BCUT2D eigenvalue weighted by Crippen LogP contribution is 2.40. The van der Waals surface area contributed by atoms with E-state index in [2.05, 4.69) is 77.3 Å². The molecule has 2 aliphatic rings. The van der Waals surface area contributed by atoms with Crippen molar-refractivity contribution in [1.82, 2.24) is 15.1 Å². The van der Waals surface area contributed by atoms with E-state index in [0.717, 1.165) is 58.4 Å². The van der Waals surface area contributed by atoms with Crippen molar-refractivity contribution in [2.45, 2.75) is 68.8 Å². The zero-order chi connectivity index (χ0) is 22.3. The number of amides is 1. The van der Waals surface area contributed by atoms with Gasteiger partial charge in [0.2, 0.25) is 0 Å². The Hall–Kier alpha value is -2.80. The average molecular weight is 449 g/mol. The van der Waals surface area contributed by atoms with Crippen molar-refractivity contribution in [2.75, 3.05) is 5.01 Å². The maximum atomic E-state index is 13.1. The second-order valence-electron chi connectivity index (χ2n) is 9.01. The first-order chi connectivity index (χ1) is 15.5. The van der Waals surface area contributed by atoms with Gasteiger partial charge in [0.05, 0.1) is 22.4 Å². The van der Waals surface area contributed by atoms with Gasteiger partial charge in [-0.05, 0) is 74.7 Å². The lowest BCUT2D eigenvalue weighted by molar-refractivity contribution is 0.236. The molecule has 0 spiro atoms. The summed E-state index contributed by atoms with van der Waals surface area (Å²) < 4.78 is 1.57. The third-order valence-electron chi connectivity index (χ3n) is 6.85.